The number of carbonyl (C=O) groups excluding carboxylic acids is 2. The first-order chi connectivity index (χ1) is 15.4. The summed E-state index contributed by atoms with van der Waals surface area (Å²) in [5, 5.41) is 25.7. The maximum atomic E-state index is 13.1. The molecule has 0 radical (unpaired) electrons. The van der Waals surface area contributed by atoms with E-state index in [0.29, 0.717) is 34.0 Å². The van der Waals surface area contributed by atoms with Crippen molar-refractivity contribution in [1.29, 1.82) is 10.5 Å². The van der Waals surface area contributed by atoms with Crippen molar-refractivity contribution in [3.8, 4) is 12.1 Å². The number of nitrogens with one attached hydrogen (secondary N) is 2. The van der Waals surface area contributed by atoms with Crippen molar-refractivity contribution in [3.05, 3.63) is 67.4 Å². The van der Waals surface area contributed by atoms with E-state index in [1.807, 2.05) is 27.7 Å². The van der Waals surface area contributed by atoms with Gasteiger partial charge in [-0.15, -0.1) is 22.7 Å². The van der Waals surface area contributed by atoms with E-state index in [-0.39, 0.29) is 11.1 Å². The van der Waals surface area contributed by atoms with Crippen LogP contribution in [0.15, 0.2) is 24.3 Å². The number of rotatable bonds is 6. The lowest BCUT2D eigenvalue weighted by Crippen LogP contribution is -2.20. The van der Waals surface area contributed by atoms with Gasteiger partial charge in [0.25, 0.3) is 11.8 Å². The normalized spacial score (nSPS) is 10.3. The summed E-state index contributed by atoms with van der Waals surface area (Å²) in [5.41, 5.74) is 3.15. The van der Waals surface area contributed by atoms with Crippen LogP contribution in [-0.2, 0) is 12.8 Å². The first kappa shape index (κ1) is 23.2. The molecule has 0 bridgehead atoms. The maximum absolute atomic E-state index is 13.1. The molecule has 0 unspecified atom stereocenters. The second kappa shape index (κ2) is 9.78. The van der Waals surface area contributed by atoms with E-state index in [1.165, 1.54) is 22.7 Å². The lowest BCUT2D eigenvalue weighted by molar-refractivity contribution is 0.0991. The molecule has 8 heteroatoms. The number of nitriles is 2. The fourth-order valence-electron chi connectivity index (χ4n) is 3.64. The fourth-order valence-corrected chi connectivity index (χ4v) is 5.82. The smallest absolute Gasteiger partial charge is 0.257 e. The van der Waals surface area contributed by atoms with Crippen molar-refractivity contribution < 1.29 is 9.59 Å². The molecule has 1 aromatic carbocycles. The summed E-state index contributed by atoms with van der Waals surface area (Å²) in [6, 6.07) is 10.8. The Bertz CT molecular complexity index is 1190. The number of aryl methyl sites for hydroxylation is 2. The zero-order valence-electron chi connectivity index (χ0n) is 18.3. The Morgan fingerprint density at radius 3 is 1.50 bits per heavy atom. The number of thiophene rings is 2. The second-order valence-corrected chi connectivity index (χ2v) is 9.52. The highest BCUT2D eigenvalue weighted by atomic mass is 32.1. The van der Waals surface area contributed by atoms with Crippen LogP contribution in [0.5, 0.6) is 0 Å². The summed E-state index contributed by atoms with van der Waals surface area (Å²) in [6.07, 6.45) is 1.39. The van der Waals surface area contributed by atoms with Gasteiger partial charge in [0.15, 0.2) is 0 Å². The van der Waals surface area contributed by atoms with Crippen LogP contribution in [0.25, 0.3) is 0 Å². The van der Waals surface area contributed by atoms with Crippen LogP contribution in [0, 0.1) is 36.5 Å². The van der Waals surface area contributed by atoms with Gasteiger partial charge in [0.1, 0.15) is 22.1 Å². The minimum absolute atomic E-state index is 0.195. The highest BCUT2D eigenvalue weighted by Crippen LogP contribution is 2.34. The highest BCUT2D eigenvalue weighted by Gasteiger charge is 2.22. The van der Waals surface area contributed by atoms with Crippen LogP contribution in [0.3, 0.4) is 0 Å². The molecule has 3 rings (SSSR count). The lowest BCUT2D eigenvalue weighted by atomic mass is 10.1. The molecule has 0 aliphatic rings. The van der Waals surface area contributed by atoms with Crippen LogP contribution < -0.4 is 10.6 Å². The van der Waals surface area contributed by atoms with Gasteiger partial charge >= 0.3 is 0 Å². The van der Waals surface area contributed by atoms with Gasteiger partial charge in [-0.3, -0.25) is 9.59 Å². The van der Waals surface area contributed by atoms with Crippen LogP contribution >= 0.6 is 22.7 Å². The monoisotopic (exact) mass is 462 g/mol. The predicted molar refractivity (Wildman–Crippen MR) is 129 cm³/mol. The molecule has 2 N–H and O–H groups in total. The number of anilines is 2. The molecule has 2 amide bonds. The molecule has 162 valence electrons. The summed E-state index contributed by atoms with van der Waals surface area (Å²) < 4.78 is 0. The van der Waals surface area contributed by atoms with Crippen LogP contribution in [-0.4, -0.2) is 11.8 Å². The first-order valence-corrected chi connectivity index (χ1v) is 11.8. The SMILES string of the molecule is CCc1c(C)sc(NC(=O)c2ccccc2C(=O)Nc2sc(C)c(CC)c2C#N)c1C#N. The van der Waals surface area contributed by atoms with E-state index in [9.17, 15) is 20.1 Å². The fraction of sp³-hybridized carbons (Fsp3) is 0.250. The third-order valence-electron chi connectivity index (χ3n) is 5.22. The van der Waals surface area contributed by atoms with Crippen molar-refractivity contribution in [3.63, 3.8) is 0 Å². The Labute approximate surface area is 195 Å². The summed E-state index contributed by atoms with van der Waals surface area (Å²) in [5.74, 6) is -0.929. The third kappa shape index (κ3) is 4.29. The van der Waals surface area contributed by atoms with Crippen molar-refractivity contribution >= 4 is 44.5 Å². The Morgan fingerprint density at radius 1 is 0.812 bits per heavy atom. The molecule has 2 heterocycles. The summed E-state index contributed by atoms with van der Waals surface area (Å²) in [6.45, 7) is 7.77. The summed E-state index contributed by atoms with van der Waals surface area (Å²) in [7, 11) is 0. The van der Waals surface area contributed by atoms with Crippen LogP contribution in [0.4, 0.5) is 10.0 Å². The Hall–Kier alpha value is -3.46. The third-order valence-corrected chi connectivity index (χ3v) is 7.34. The number of carbonyl (C=O) groups is 2. The van der Waals surface area contributed by atoms with Gasteiger partial charge < -0.3 is 10.6 Å². The minimum atomic E-state index is -0.465. The Kier molecular flexibility index (Phi) is 7.09. The van der Waals surface area contributed by atoms with E-state index in [4.69, 9.17) is 0 Å². The number of benzene rings is 1. The summed E-state index contributed by atoms with van der Waals surface area (Å²) in [4.78, 5) is 28.1. The van der Waals surface area contributed by atoms with Gasteiger partial charge in [0.05, 0.1) is 22.3 Å². The first-order valence-electron chi connectivity index (χ1n) is 10.1. The van der Waals surface area contributed by atoms with Crippen LogP contribution in [0.2, 0.25) is 0 Å². The molecule has 0 aliphatic heterocycles. The quantitative estimate of drug-likeness (QED) is 0.483. The average molecular weight is 463 g/mol. The second-order valence-electron chi connectivity index (χ2n) is 7.07. The Balaban J connectivity index is 1.92. The van der Waals surface area contributed by atoms with Gasteiger partial charge in [-0.05, 0) is 49.9 Å². The summed E-state index contributed by atoms with van der Waals surface area (Å²) >= 11 is 2.70. The van der Waals surface area contributed by atoms with E-state index in [2.05, 4.69) is 22.8 Å². The molecule has 6 nitrogen and oxygen atoms in total. The van der Waals surface area contributed by atoms with Gasteiger partial charge in [-0.2, -0.15) is 10.5 Å². The molecule has 32 heavy (non-hydrogen) atoms. The maximum Gasteiger partial charge on any atom is 0.257 e. The molecular formula is C24H22N4O2S2. The molecule has 2 aromatic heterocycles. The van der Waals surface area contributed by atoms with Crippen molar-refractivity contribution in [2.24, 2.45) is 0 Å². The van der Waals surface area contributed by atoms with E-state index < -0.39 is 11.8 Å². The number of nitrogens with zero attached hydrogens (tertiary/aromatic N) is 2. The largest absolute Gasteiger partial charge is 0.312 e. The van der Waals surface area contributed by atoms with Crippen molar-refractivity contribution in [2.45, 2.75) is 40.5 Å². The highest BCUT2D eigenvalue weighted by molar-refractivity contribution is 7.17. The minimum Gasteiger partial charge on any atom is -0.312 e. The van der Waals surface area contributed by atoms with Crippen LogP contribution in [0.1, 0.15) is 66.6 Å². The molecule has 0 spiro atoms. The molecule has 0 aliphatic carbocycles. The molecule has 0 saturated heterocycles. The van der Waals surface area contributed by atoms with Gasteiger partial charge in [-0.1, -0.05) is 26.0 Å². The average Bonchev–Trinajstić information content (AvgIpc) is 3.26. The predicted octanol–water partition coefficient (Wildman–Crippen LogP) is 5.80. The molecular weight excluding hydrogens is 440 g/mol. The Morgan fingerprint density at radius 2 is 1.19 bits per heavy atom. The molecule has 3 aromatic rings. The molecule has 0 atom stereocenters. The van der Waals surface area contributed by atoms with Crippen molar-refractivity contribution in [2.75, 3.05) is 10.6 Å². The zero-order valence-corrected chi connectivity index (χ0v) is 19.9. The topological polar surface area (TPSA) is 106 Å². The lowest BCUT2D eigenvalue weighted by Gasteiger charge is -2.10. The number of hydrogen-bond donors (Lipinski definition) is 2. The van der Waals surface area contributed by atoms with Gasteiger partial charge in [0.2, 0.25) is 0 Å². The molecule has 0 fully saturated rings. The van der Waals surface area contributed by atoms with Gasteiger partial charge in [-0.25, -0.2) is 0 Å². The zero-order chi connectivity index (χ0) is 23.4. The standard InChI is InChI=1S/C24H22N4O2S2/c1-5-15-13(3)31-23(19(15)11-25)27-21(29)17-9-7-8-10-18(17)22(30)28-24-20(12-26)16(6-2)14(4)32-24/h7-10H,5-6H2,1-4H3,(H,27,29)(H,28,30). The van der Waals surface area contributed by atoms with E-state index >= 15 is 0 Å². The van der Waals surface area contributed by atoms with Gasteiger partial charge in [0, 0.05) is 9.75 Å². The number of amides is 2. The van der Waals surface area contributed by atoms with Crippen molar-refractivity contribution in [1.82, 2.24) is 0 Å². The van der Waals surface area contributed by atoms with E-state index in [0.717, 1.165) is 20.9 Å². The number of hydrogen-bond acceptors (Lipinski definition) is 6. The molecule has 0 saturated carbocycles. The van der Waals surface area contributed by atoms with E-state index in [1.54, 1.807) is 24.3 Å².